The topological polar surface area (TPSA) is 62.8 Å². The van der Waals surface area contributed by atoms with E-state index in [9.17, 15) is 0 Å². The van der Waals surface area contributed by atoms with Gasteiger partial charge in [-0.3, -0.25) is 0 Å². The number of hydrogen-bond donors (Lipinski definition) is 3. The van der Waals surface area contributed by atoms with E-state index in [1.165, 1.54) is 0 Å². The van der Waals surface area contributed by atoms with Gasteiger partial charge in [0.15, 0.2) is 11.5 Å². The predicted molar refractivity (Wildman–Crippen MR) is 88.1 cm³/mol. The molecular formula is C15H25BrN2O3. The van der Waals surface area contributed by atoms with Crippen molar-refractivity contribution in [3.8, 4) is 11.5 Å². The lowest BCUT2D eigenvalue weighted by molar-refractivity contribution is 0.292. The Balaban J connectivity index is 2.53. The first-order valence-corrected chi connectivity index (χ1v) is 8.04. The highest BCUT2D eigenvalue weighted by Crippen LogP contribution is 2.36. The van der Waals surface area contributed by atoms with Crippen molar-refractivity contribution >= 4 is 15.9 Å². The van der Waals surface area contributed by atoms with Crippen LogP contribution in [0.3, 0.4) is 0 Å². The van der Waals surface area contributed by atoms with Gasteiger partial charge in [0.25, 0.3) is 0 Å². The lowest BCUT2D eigenvalue weighted by Gasteiger charge is -2.16. The van der Waals surface area contributed by atoms with E-state index >= 15 is 0 Å². The van der Waals surface area contributed by atoms with Crippen LogP contribution in [-0.4, -0.2) is 45.1 Å². The van der Waals surface area contributed by atoms with Gasteiger partial charge in [0.2, 0.25) is 0 Å². The first kappa shape index (κ1) is 18.2. The largest absolute Gasteiger partial charge is 0.493 e. The van der Waals surface area contributed by atoms with E-state index in [4.69, 9.17) is 14.6 Å². The van der Waals surface area contributed by atoms with E-state index < -0.39 is 0 Å². The third-order valence-corrected chi connectivity index (χ3v) is 3.72. The minimum Gasteiger partial charge on any atom is -0.493 e. The van der Waals surface area contributed by atoms with Crippen molar-refractivity contribution in [2.45, 2.75) is 19.9 Å². The van der Waals surface area contributed by atoms with Crippen LogP contribution < -0.4 is 20.1 Å². The molecule has 0 aliphatic heterocycles. The van der Waals surface area contributed by atoms with Gasteiger partial charge in [-0.15, -0.1) is 0 Å². The van der Waals surface area contributed by atoms with Gasteiger partial charge in [0.05, 0.1) is 20.3 Å². The van der Waals surface area contributed by atoms with Crippen LogP contribution in [0.25, 0.3) is 0 Å². The van der Waals surface area contributed by atoms with Crippen LogP contribution in [0.15, 0.2) is 16.6 Å². The van der Waals surface area contributed by atoms with Gasteiger partial charge in [0, 0.05) is 23.1 Å². The first-order chi connectivity index (χ1) is 10.2. The van der Waals surface area contributed by atoms with E-state index in [2.05, 4.69) is 26.6 Å². The molecule has 0 bridgehead atoms. The Morgan fingerprint density at radius 3 is 2.62 bits per heavy atom. The molecule has 1 aromatic carbocycles. The van der Waals surface area contributed by atoms with Crippen molar-refractivity contribution in [1.29, 1.82) is 0 Å². The van der Waals surface area contributed by atoms with Gasteiger partial charge >= 0.3 is 0 Å². The van der Waals surface area contributed by atoms with E-state index in [0.29, 0.717) is 19.7 Å². The van der Waals surface area contributed by atoms with Gasteiger partial charge < -0.3 is 25.2 Å². The maximum absolute atomic E-state index is 8.67. The van der Waals surface area contributed by atoms with Crippen molar-refractivity contribution in [3.63, 3.8) is 0 Å². The van der Waals surface area contributed by atoms with Crippen molar-refractivity contribution in [3.05, 3.63) is 22.2 Å². The molecule has 1 rings (SSSR count). The van der Waals surface area contributed by atoms with E-state index in [1.807, 2.05) is 19.1 Å². The van der Waals surface area contributed by atoms with Crippen LogP contribution in [0, 0.1) is 0 Å². The van der Waals surface area contributed by atoms with Gasteiger partial charge in [0.1, 0.15) is 0 Å². The molecule has 0 amide bonds. The number of methoxy groups -OCH3 is 1. The van der Waals surface area contributed by atoms with E-state index in [-0.39, 0.29) is 6.61 Å². The third-order valence-electron chi connectivity index (χ3n) is 2.97. The smallest absolute Gasteiger partial charge is 0.166 e. The molecule has 0 atom stereocenters. The molecule has 0 fully saturated rings. The molecule has 0 radical (unpaired) electrons. The average Bonchev–Trinajstić information content (AvgIpc) is 2.49. The van der Waals surface area contributed by atoms with Crippen LogP contribution in [0.1, 0.15) is 18.9 Å². The summed E-state index contributed by atoms with van der Waals surface area (Å²) in [5, 5.41) is 15.2. The Bertz CT molecular complexity index is 416. The SMILES string of the molecule is CCOc1c(OC)ccc(Br)c1CNCCCNCCO. The summed E-state index contributed by atoms with van der Waals surface area (Å²) in [6, 6.07) is 3.87. The predicted octanol–water partition coefficient (Wildman–Crippen LogP) is 1.92. The summed E-state index contributed by atoms with van der Waals surface area (Å²) in [7, 11) is 1.65. The maximum Gasteiger partial charge on any atom is 0.166 e. The Kier molecular flexibility index (Phi) is 9.41. The number of hydrogen-bond acceptors (Lipinski definition) is 5. The lowest BCUT2D eigenvalue weighted by Crippen LogP contribution is -2.24. The monoisotopic (exact) mass is 360 g/mol. The zero-order valence-corrected chi connectivity index (χ0v) is 14.3. The Morgan fingerprint density at radius 1 is 1.19 bits per heavy atom. The van der Waals surface area contributed by atoms with Crippen molar-refractivity contribution in [2.75, 3.05) is 40.0 Å². The highest BCUT2D eigenvalue weighted by atomic mass is 79.9. The zero-order valence-electron chi connectivity index (χ0n) is 12.7. The van der Waals surface area contributed by atoms with Crippen molar-refractivity contribution in [1.82, 2.24) is 10.6 Å². The van der Waals surface area contributed by atoms with Gasteiger partial charge in [-0.05, 0) is 38.6 Å². The number of aliphatic hydroxyl groups excluding tert-OH is 1. The van der Waals surface area contributed by atoms with E-state index in [0.717, 1.165) is 41.0 Å². The minimum absolute atomic E-state index is 0.182. The summed E-state index contributed by atoms with van der Waals surface area (Å²) in [4.78, 5) is 0. The quantitative estimate of drug-likeness (QED) is 0.526. The summed E-state index contributed by atoms with van der Waals surface area (Å²) in [6.45, 7) is 5.90. The molecule has 120 valence electrons. The van der Waals surface area contributed by atoms with E-state index in [1.54, 1.807) is 7.11 Å². The number of halogens is 1. The summed E-state index contributed by atoms with van der Waals surface area (Å²) in [5.74, 6) is 1.54. The highest BCUT2D eigenvalue weighted by molar-refractivity contribution is 9.10. The zero-order chi connectivity index (χ0) is 15.5. The Labute approximate surface area is 135 Å². The molecule has 6 heteroatoms. The van der Waals surface area contributed by atoms with Crippen LogP contribution >= 0.6 is 15.9 Å². The molecular weight excluding hydrogens is 336 g/mol. The fraction of sp³-hybridized carbons (Fsp3) is 0.600. The highest BCUT2D eigenvalue weighted by Gasteiger charge is 2.13. The molecule has 0 spiro atoms. The summed E-state index contributed by atoms with van der Waals surface area (Å²) in [5.41, 5.74) is 1.07. The minimum atomic E-state index is 0.182. The number of benzene rings is 1. The fourth-order valence-electron chi connectivity index (χ4n) is 1.97. The molecule has 1 aromatic rings. The second-order valence-corrected chi connectivity index (χ2v) is 5.35. The lowest BCUT2D eigenvalue weighted by atomic mass is 10.2. The van der Waals surface area contributed by atoms with Gasteiger partial charge in [-0.2, -0.15) is 0 Å². The average molecular weight is 361 g/mol. The molecule has 0 heterocycles. The second kappa shape index (κ2) is 10.8. The second-order valence-electron chi connectivity index (χ2n) is 4.49. The molecule has 21 heavy (non-hydrogen) atoms. The maximum atomic E-state index is 8.67. The fourth-order valence-corrected chi connectivity index (χ4v) is 2.42. The van der Waals surface area contributed by atoms with Crippen LogP contribution in [0.2, 0.25) is 0 Å². The molecule has 3 N–H and O–H groups in total. The summed E-state index contributed by atoms with van der Waals surface area (Å²) >= 11 is 3.57. The Morgan fingerprint density at radius 2 is 1.95 bits per heavy atom. The molecule has 0 aliphatic carbocycles. The van der Waals surface area contributed by atoms with Gasteiger partial charge in [-0.25, -0.2) is 0 Å². The summed E-state index contributed by atoms with van der Waals surface area (Å²) < 4.78 is 12.1. The van der Waals surface area contributed by atoms with Crippen molar-refractivity contribution < 1.29 is 14.6 Å². The molecule has 0 aromatic heterocycles. The Hall–Kier alpha value is -0.820. The van der Waals surface area contributed by atoms with Crippen LogP contribution in [0.4, 0.5) is 0 Å². The summed E-state index contributed by atoms with van der Waals surface area (Å²) in [6.07, 6.45) is 1.01. The number of rotatable bonds is 11. The van der Waals surface area contributed by atoms with Crippen LogP contribution in [-0.2, 0) is 6.54 Å². The van der Waals surface area contributed by atoms with Gasteiger partial charge in [-0.1, -0.05) is 15.9 Å². The molecule has 0 aliphatic rings. The standard InChI is InChI=1S/C15H25BrN2O3/c1-3-21-15-12(13(16)5-6-14(15)20-2)11-18-8-4-7-17-9-10-19/h5-6,17-19H,3-4,7-11H2,1-2H3. The van der Waals surface area contributed by atoms with Crippen molar-refractivity contribution in [2.24, 2.45) is 0 Å². The molecule has 0 saturated carbocycles. The first-order valence-electron chi connectivity index (χ1n) is 7.25. The van der Waals surface area contributed by atoms with Crippen LogP contribution in [0.5, 0.6) is 11.5 Å². The third kappa shape index (κ3) is 6.22. The number of nitrogens with one attached hydrogen (secondary N) is 2. The number of aliphatic hydroxyl groups is 1. The molecule has 0 saturated heterocycles. The normalized spacial score (nSPS) is 10.7. The molecule has 5 nitrogen and oxygen atoms in total. The number of ether oxygens (including phenoxy) is 2. The molecule has 0 unspecified atom stereocenters.